The molecular weight excluding hydrogens is 240 g/mol. The smallest absolute Gasteiger partial charge is 0.237 e. The number of nitrogens with two attached hydrogens (primary N) is 1. The quantitative estimate of drug-likeness (QED) is 0.903. The summed E-state index contributed by atoms with van der Waals surface area (Å²) in [6.45, 7) is 0. The van der Waals surface area contributed by atoms with Crippen LogP contribution >= 0.6 is 0 Å². The van der Waals surface area contributed by atoms with Gasteiger partial charge in [0.25, 0.3) is 0 Å². The van der Waals surface area contributed by atoms with Gasteiger partial charge < -0.3 is 10.5 Å². The van der Waals surface area contributed by atoms with Crippen molar-refractivity contribution in [2.45, 2.75) is 6.04 Å². The number of methoxy groups -OCH3 is 1. The zero-order chi connectivity index (χ0) is 13.1. The molecule has 0 spiro atoms. The molecule has 18 heavy (non-hydrogen) atoms. The van der Waals surface area contributed by atoms with Gasteiger partial charge in [-0.2, -0.15) is 0 Å². The summed E-state index contributed by atoms with van der Waals surface area (Å²) in [5.41, 5.74) is 6.51. The van der Waals surface area contributed by atoms with Crippen LogP contribution in [0.2, 0.25) is 0 Å². The summed E-state index contributed by atoms with van der Waals surface area (Å²) >= 11 is 0. The van der Waals surface area contributed by atoms with Gasteiger partial charge in [0.2, 0.25) is 5.88 Å². The van der Waals surface area contributed by atoms with Crippen LogP contribution in [-0.4, -0.2) is 17.1 Å². The van der Waals surface area contributed by atoms with Crippen LogP contribution in [0.4, 0.5) is 8.78 Å². The molecule has 0 amide bonds. The van der Waals surface area contributed by atoms with Crippen molar-refractivity contribution in [3.63, 3.8) is 0 Å². The molecule has 0 aliphatic rings. The zero-order valence-electron chi connectivity index (χ0n) is 9.60. The molecule has 1 atom stereocenters. The summed E-state index contributed by atoms with van der Waals surface area (Å²) in [5, 5.41) is 0. The molecule has 0 radical (unpaired) electrons. The summed E-state index contributed by atoms with van der Waals surface area (Å²) in [7, 11) is 1.42. The van der Waals surface area contributed by atoms with Gasteiger partial charge in [0, 0.05) is 18.5 Å². The molecule has 1 aromatic carbocycles. The lowest BCUT2D eigenvalue weighted by atomic mass is 10.0. The Morgan fingerprint density at radius 3 is 2.33 bits per heavy atom. The van der Waals surface area contributed by atoms with Crippen LogP contribution in [0.15, 0.2) is 30.6 Å². The molecule has 0 fully saturated rings. The predicted octanol–water partition coefficient (Wildman–Crippen LogP) is 1.81. The average Bonchev–Trinajstić information content (AvgIpc) is 2.36. The fourth-order valence-corrected chi connectivity index (χ4v) is 1.62. The minimum atomic E-state index is -0.807. The molecule has 0 bridgehead atoms. The van der Waals surface area contributed by atoms with Gasteiger partial charge in [-0.05, 0) is 17.7 Å². The zero-order valence-corrected chi connectivity index (χ0v) is 9.60. The van der Waals surface area contributed by atoms with Crippen molar-refractivity contribution in [1.82, 2.24) is 9.97 Å². The predicted molar refractivity (Wildman–Crippen MR) is 61.0 cm³/mol. The number of ether oxygens (including phenoxy) is 1. The molecule has 4 nitrogen and oxygen atoms in total. The van der Waals surface area contributed by atoms with Crippen LogP contribution in [0.25, 0.3) is 0 Å². The number of benzene rings is 1. The van der Waals surface area contributed by atoms with E-state index in [0.29, 0.717) is 5.69 Å². The van der Waals surface area contributed by atoms with E-state index in [4.69, 9.17) is 10.5 Å². The highest BCUT2D eigenvalue weighted by Crippen LogP contribution is 2.25. The number of hydrogen-bond donors (Lipinski definition) is 1. The second kappa shape index (κ2) is 5.05. The molecule has 1 heterocycles. The van der Waals surface area contributed by atoms with Crippen LogP contribution in [0.5, 0.6) is 5.88 Å². The summed E-state index contributed by atoms with van der Waals surface area (Å²) in [6.07, 6.45) is 2.88. The molecule has 0 saturated carbocycles. The maximum atomic E-state index is 13.1. The number of rotatable bonds is 3. The normalized spacial score (nSPS) is 12.2. The molecule has 2 rings (SSSR count). The fourth-order valence-electron chi connectivity index (χ4n) is 1.62. The molecule has 6 heteroatoms. The van der Waals surface area contributed by atoms with Crippen molar-refractivity contribution in [3.8, 4) is 5.88 Å². The third-order valence-corrected chi connectivity index (χ3v) is 2.42. The van der Waals surface area contributed by atoms with Gasteiger partial charge >= 0.3 is 0 Å². The van der Waals surface area contributed by atoms with Gasteiger partial charge in [0.05, 0.1) is 13.2 Å². The second-order valence-electron chi connectivity index (χ2n) is 3.63. The molecule has 0 saturated heterocycles. The molecule has 94 valence electrons. The van der Waals surface area contributed by atoms with E-state index >= 15 is 0 Å². The maximum Gasteiger partial charge on any atom is 0.237 e. The molecule has 1 aromatic heterocycles. The Hall–Kier alpha value is -2.08. The highest BCUT2D eigenvalue weighted by molar-refractivity contribution is 5.32. The Balaban J connectivity index is 2.44. The van der Waals surface area contributed by atoms with E-state index in [9.17, 15) is 8.78 Å². The first-order valence-corrected chi connectivity index (χ1v) is 5.18. The largest absolute Gasteiger partial charge is 0.480 e. The Morgan fingerprint density at radius 1 is 1.11 bits per heavy atom. The van der Waals surface area contributed by atoms with E-state index in [1.165, 1.54) is 19.5 Å². The fraction of sp³-hybridized carbons (Fsp3) is 0.167. The molecule has 0 aliphatic heterocycles. The van der Waals surface area contributed by atoms with Crippen molar-refractivity contribution >= 4 is 0 Å². The molecule has 2 N–H and O–H groups in total. The van der Waals surface area contributed by atoms with Crippen molar-refractivity contribution in [2.24, 2.45) is 5.73 Å². The van der Waals surface area contributed by atoms with Crippen LogP contribution in [0.3, 0.4) is 0 Å². The number of hydrogen-bond acceptors (Lipinski definition) is 4. The van der Waals surface area contributed by atoms with Crippen LogP contribution in [0.1, 0.15) is 17.3 Å². The highest BCUT2D eigenvalue weighted by Gasteiger charge is 2.17. The van der Waals surface area contributed by atoms with E-state index < -0.39 is 17.7 Å². The summed E-state index contributed by atoms with van der Waals surface area (Å²) in [5.74, 6) is -1.15. The van der Waals surface area contributed by atoms with Crippen LogP contribution in [0, 0.1) is 11.6 Å². The lowest BCUT2D eigenvalue weighted by Crippen LogP contribution is -2.16. The van der Waals surface area contributed by atoms with Gasteiger partial charge in [0.1, 0.15) is 17.3 Å². The summed E-state index contributed by atoms with van der Waals surface area (Å²) in [6, 6.07) is 2.28. The lowest BCUT2D eigenvalue weighted by Gasteiger charge is -2.13. The molecule has 2 aromatic rings. The first-order valence-electron chi connectivity index (χ1n) is 5.18. The second-order valence-corrected chi connectivity index (χ2v) is 3.63. The topological polar surface area (TPSA) is 61.0 Å². The number of nitrogens with zero attached hydrogens (tertiary/aromatic N) is 2. The van der Waals surface area contributed by atoms with Gasteiger partial charge in [-0.25, -0.2) is 13.8 Å². The monoisotopic (exact) mass is 251 g/mol. The highest BCUT2D eigenvalue weighted by atomic mass is 19.1. The molecule has 1 unspecified atom stereocenters. The SMILES string of the molecule is COc1nccnc1C(N)c1cc(F)cc(F)c1. The van der Waals surface area contributed by atoms with Gasteiger partial charge in [0.15, 0.2) is 0 Å². The van der Waals surface area contributed by atoms with Crippen molar-refractivity contribution in [3.05, 3.63) is 53.5 Å². The van der Waals surface area contributed by atoms with Gasteiger partial charge in [-0.1, -0.05) is 0 Å². The van der Waals surface area contributed by atoms with Gasteiger partial charge in [-0.15, -0.1) is 0 Å². The van der Waals surface area contributed by atoms with E-state index in [2.05, 4.69) is 9.97 Å². The minimum Gasteiger partial charge on any atom is -0.480 e. The van der Waals surface area contributed by atoms with Crippen LogP contribution < -0.4 is 10.5 Å². The molecule has 0 aliphatic carbocycles. The van der Waals surface area contributed by atoms with E-state index in [1.807, 2.05) is 0 Å². The Kier molecular flexibility index (Phi) is 3.47. The Bertz CT molecular complexity index is 543. The molecular formula is C12H11F2N3O. The maximum absolute atomic E-state index is 13.1. The number of aromatic nitrogens is 2. The number of halogens is 2. The van der Waals surface area contributed by atoms with Crippen molar-refractivity contribution < 1.29 is 13.5 Å². The van der Waals surface area contributed by atoms with Gasteiger partial charge in [-0.3, -0.25) is 4.98 Å². The first-order chi connectivity index (χ1) is 8.61. The third kappa shape index (κ3) is 2.43. The van der Waals surface area contributed by atoms with Crippen LogP contribution in [-0.2, 0) is 0 Å². The Labute approximate surface area is 102 Å². The Morgan fingerprint density at radius 2 is 1.72 bits per heavy atom. The standard InChI is InChI=1S/C12H11F2N3O/c1-18-12-11(16-2-3-17-12)10(15)7-4-8(13)6-9(14)5-7/h2-6,10H,15H2,1H3. The lowest BCUT2D eigenvalue weighted by molar-refractivity contribution is 0.387. The summed E-state index contributed by atoms with van der Waals surface area (Å²) < 4.78 is 31.3. The average molecular weight is 251 g/mol. The first kappa shape index (κ1) is 12.4. The third-order valence-electron chi connectivity index (χ3n) is 2.42. The van der Waals surface area contributed by atoms with E-state index in [0.717, 1.165) is 18.2 Å². The van der Waals surface area contributed by atoms with E-state index in [1.54, 1.807) is 0 Å². The van der Waals surface area contributed by atoms with Crippen molar-refractivity contribution in [2.75, 3.05) is 7.11 Å². The van der Waals surface area contributed by atoms with E-state index in [-0.39, 0.29) is 11.4 Å². The van der Waals surface area contributed by atoms with Crippen molar-refractivity contribution in [1.29, 1.82) is 0 Å². The minimum absolute atomic E-state index is 0.231. The summed E-state index contributed by atoms with van der Waals surface area (Å²) in [4.78, 5) is 7.96.